The fourth-order valence-corrected chi connectivity index (χ4v) is 1.53. The van der Waals surface area contributed by atoms with E-state index in [9.17, 15) is 13.2 Å². The second-order valence-electron chi connectivity index (χ2n) is 3.95. The van der Waals surface area contributed by atoms with Crippen LogP contribution in [0.15, 0.2) is 24.3 Å². The second-order valence-corrected chi connectivity index (χ2v) is 3.95. The molecule has 0 heterocycles. The largest absolute Gasteiger partial charge is 0.416 e. The zero-order valence-electron chi connectivity index (χ0n) is 9.59. The molecule has 1 unspecified atom stereocenters. The van der Waals surface area contributed by atoms with Crippen molar-refractivity contribution in [2.75, 3.05) is 6.61 Å². The standard InChI is InChI=1S/C12H16F3NO/c1-9(6-7-17)16-8-10-4-2-3-5-11(10)12(13,14)15/h2-5,9,16-17H,6-8H2,1H3. The Bertz CT molecular complexity index is 352. The molecule has 1 aromatic carbocycles. The molecule has 0 radical (unpaired) electrons. The lowest BCUT2D eigenvalue weighted by atomic mass is 10.1. The maximum atomic E-state index is 12.7. The molecular formula is C12H16F3NO. The van der Waals surface area contributed by atoms with E-state index in [4.69, 9.17) is 5.11 Å². The summed E-state index contributed by atoms with van der Waals surface area (Å²) in [5, 5.41) is 11.7. The van der Waals surface area contributed by atoms with E-state index in [1.54, 1.807) is 6.07 Å². The Morgan fingerprint density at radius 2 is 1.94 bits per heavy atom. The topological polar surface area (TPSA) is 32.3 Å². The van der Waals surface area contributed by atoms with Gasteiger partial charge in [-0.3, -0.25) is 0 Å². The van der Waals surface area contributed by atoms with Crippen molar-refractivity contribution in [1.82, 2.24) is 5.32 Å². The maximum absolute atomic E-state index is 12.7. The monoisotopic (exact) mass is 247 g/mol. The predicted octanol–water partition coefficient (Wildman–Crippen LogP) is 2.57. The molecule has 0 saturated carbocycles. The molecule has 0 aliphatic heterocycles. The van der Waals surface area contributed by atoms with Crippen LogP contribution in [0.25, 0.3) is 0 Å². The molecule has 0 aliphatic rings. The van der Waals surface area contributed by atoms with Crippen molar-refractivity contribution in [3.63, 3.8) is 0 Å². The molecule has 0 fully saturated rings. The first-order valence-corrected chi connectivity index (χ1v) is 5.44. The molecule has 1 rings (SSSR count). The lowest BCUT2D eigenvalue weighted by Gasteiger charge is -2.16. The minimum absolute atomic E-state index is 0.0127. The molecule has 2 N–H and O–H groups in total. The van der Waals surface area contributed by atoms with Gasteiger partial charge in [-0.1, -0.05) is 18.2 Å². The van der Waals surface area contributed by atoms with Gasteiger partial charge in [0.25, 0.3) is 0 Å². The normalized spacial score (nSPS) is 13.7. The fourth-order valence-electron chi connectivity index (χ4n) is 1.53. The highest BCUT2D eigenvalue weighted by Gasteiger charge is 2.32. The first kappa shape index (κ1) is 14.0. The summed E-state index contributed by atoms with van der Waals surface area (Å²) in [5.74, 6) is 0. The number of hydrogen-bond donors (Lipinski definition) is 2. The Kier molecular flexibility index (Phi) is 4.96. The van der Waals surface area contributed by atoms with Crippen LogP contribution in [-0.4, -0.2) is 17.8 Å². The van der Waals surface area contributed by atoms with Crippen molar-refractivity contribution in [2.45, 2.75) is 32.1 Å². The van der Waals surface area contributed by atoms with Crippen LogP contribution < -0.4 is 5.32 Å². The van der Waals surface area contributed by atoms with Gasteiger partial charge in [0.15, 0.2) is 0 Å². The number of halogens is 3. The van der Waals surface area contributed by atoms with Gasteiger partial charge < -0.3 is 10.4 Å². The third kappa shape index (κ3) is 4.36. The third-order valence-corrected chi connectivity index (χ3v) is 2.53. The molecule has 0 amide bonds. The summed E-state index contributed by atoms with van der Waals surface area (Å²) in [6.45, 7) is 2.00. The molecule has 2 nitrogen and oxygen atoms in total. The SMILES string of the molecule is CC(CCO)NCc1ccccc1C(F)(F)F. The van der Waals surface area contributed by atoms with E-state index in [1.165, 1.54) is 12.1 Å². The first-order chi connectivity index (χ1) is 7.95. The number of nitrogens with one attached hydrogen (secondary N) is 1. The van der Waals surface area contributed by atoms with E-state index in [1.807, 2.05) is 6.92 Å². The van der Waals surface area contributed by atoms with Crippen molar-refractivity contribution >= 4 is 0 Å². The Balaban J connectivity index is 2.71. The van der Waals surface area contributed by atoms with Crippen LogP contribution >= 0.6 is 0 Å². The molecule has 1 aromatic rings. The minimum atomic E-state index is -4.32. The van der Waals surface area contributed by atoms with E-state index in [0.29, 0.717) is 6.42 Å². The summed E-state index contributed by atoms with van der Waals surface area (Å²) in [7, 11) is 0. The smallest absolute Gasteiger partial charge is 0.396 e. The summed E-state index contributed by atoms with van der Waals surface area (Å²) < 4.78 is 38.0. The van der Waals surface area contributed by atoms with E-state index in [2.05, 4.69) is 5.32 Å². The Morgan fingerprint density at radius 1 is 1.29 bits per heavy atom. The van der Waals surface area contributed by atoms with Gasteiger partial charge in [-0.15, -0.1) is 0 Å². The molecular weight excluding hydrogens is 231 g/mol. The molecule has 0 aromatic heterocycles. The summed E-state index contributed by atoms with van der Waals surface area (Å²) in [6, 6.07) is 5.49. The summed E-state index contributed by atoms with van der Waals surface area (Å²) in [5.41, 5.74) is -0.381. The highest BCUT2D eigenvalue weighted by molar-refractivity contribution is 5.29. The van der Waals surface area contributed by atoms with Crippen molar-refractivity contribution in [1.29, 1.82) is 0 Å². The third-order valence-electron chi connectivity index (χ3n) is 2.53. The molecule has 17 heavy (non-hydrogen) atoms. The quantitative estimate of drug-likeness (QED) is 0.838. The highest BCUT2D eigenvalue weighted by atomic mass is 19.4. The van der Waals surface area contributed by atoms with Crippen LogP contribution in [0.3, 0.4) is 0 Å². The van der Waals surface area contributed by atoms with E-state index in [0.717, 1.165) is 6.07 Å². The van der Waals surface area contributed by atoms with Gasteiger partial charge >= 0.3 is 6.18 Å². The van der Waals surface area contributed by atoms with Gasteiger partial charge in [0, 0.05) is 19.2 Å². The number of hydrogen-bond acceptors (Lipinski definition) is 2. The predicted molar refractivity (Wildman–Crippen MR) is 59.4 cm³/mol. The van der Waals surface area contributed by atoms with Crippen LogP contribution in [-0.2, 0) is 12.7 Å². The van der Waals surface area contributed by atoms with Gasteiger partial charge in [0.2, 0.25) is 0 Å². The molecule has 5 heteroatoms. The average molecular weight is 247 g/mol. The van der Waals surface area contributed by atoms with Crippen molar-refractivity contribution in [3.8, 4) is 0 Å². The molecule has 0 aliphatic carbocycles. The van der Waals surface area contributed by atoms with Gasteiger partial charge in [-0.25, -0.2) is 0 Å². The van der Waals surface area contributed by atoms with Crippen LogP contribution in [0.5, 0.6) is 0 Å². The number of alkyl halides is 3. The van der Waals surface area contributed by atoms with Gasteiger partial charge in [0.1, 0.15) is 0 Å². The molecule has 0 saturated heterocycles. The Morgan fingerprint density at radius 3 is 2.53 bits per heavy atom. The summed E-state index contributed by atoms with van der Waals surface area (Å²) in [4.78, 5) is 0. The van der Waals surface area contributed by atoms with Crippen molar-refractivity contribution in [2.24, 2.45) is 0 Å². The van der Waals surface area contributed by atoms with Gasteiger partial charge in [-0.05, 0) is 25.0 Å². The zero-order chi connectivity index (χ0) is 12.9. The van der Waals surface area contributed by atoms with Crippen LogP contribution in [0.2, 0.25) is 0 Å². The highest BCUT2D eigenvalue weighted by Crippen LogP contribution is 2.31. The second kappa shape index (κ2) is 6.02. The number of rotatable bonds is 5. The summed E-state index contributed by atoms with van der Waals surface area (Å²) in [6.07, 6.45) is -3.80. The molecule has 1 atom stereocenters. The maximum Gasteiger partial charge on any atom is 0.416 e. The molecule has 96 valence electrons. The zero-order valence-corrected chi connectivity index (χ0v) is 9.59. The van der Waals surface area contributed by atoms with Crippen molar-refractivity contribution in [3.05, 3.63) is 35.4 Å². The van der Waals surface area contributed by atoms with Crippen molar-refractivity contribution < 1.29 is 18.3 Å². The van der Waals surface area contributed by atoms with Crippen LogP contribution in [0.4, 0.5) is 13.2 Å². The van der Waals surface area contributed by atoms with Crippen LogP contribution in [0, 0.1) is 0 Å². The fraction of sp³-hybridized carbons (Fsp3) is 0.500. The van der Waals surface area contributed by atoms with E-state index < -0.39 is 11.7 Å². The lowest BCUT2D eigenvalue weighted by molar-refractivity contribution is -0.138. The van der Waals surface area contributed by atoms with Crippen LogP contribution in [0.1, 0.15) is 24.5 Å². The number of aliphatic hydroxyl groups excluding tert-OH is 1. The lowest BCUT2D eigenvalue weighted by Crippen LogP contribution is -2.27. The van der Waals surface area contributed by atoms with E-state index >= 15 is 0 Å². The number of aliphatic hydroxyl groups is 1. The summed E-state index contributed by atoms with van der Waals surface area (Å²) >= 11 is 0. The first-order valence-electron chi connectivity index (χ1n) is 5.44. The number of benzene rings is 1. The molecule has 0 bridgehead atoms. The Hall–Kier alpha value is -1.07. The van der Waals surface area contributed by atoms with E-state index in [-0.39, 0.29) is 24.8 Å². The minimum Gasteiger partial charge on any atom is -0.396 e. The van der Waals surface area contributed by atoms with Gasteiger partial charge in [-0.2, -0.15) is 13.2 Å². The molecule has 0 spiro atoms. The Labute approximate surface area is 98.5 Å². The van der Waals surface area contributed by atoms with Gasteiger partial charge in [0.05, 0.1) is 5.56 Å². The average Bonchev–Trinajstić information content (AvgIpc) is 2.26.